The lowest BCUT2D eigenvalue weighted by atomic mass is 10.0. The van der Waals surface area contributed by atoms with Gasteiger partial charge in [-0.2, -0.15) is 0 Å². The van der Waals surface area contributed by atoms with Crippen molar-refractivity contribution < 1.29 is 4.74 Å². The number of ether oxygens (including phenoxy) is 1. The Kier molecular flexibility index (Phi) is 5.70. The number of hydrogen-bond donors (Lipinski definition) is 0. The standard InChI is InChI=1S/C15H21NO.ClH/c1-4-8-16-9-7-13-5-6-15(17-3)11-14(13)10-12(16)2;/h4-6,11-12H,1,7-10H2,2-3H3;1H. The minimum absolute atomic E-state index is 0. The molecule has 18 heavy (non-hydrogen) atoms. The number of methoxy groups -OCH3 is 1. The van der Waals surface area contributed by atoms with Gasteiger partial charge >= 0.3 is 0 Å². The lowest BCUT2D eigenvalue weighted by molar-refractivity contribution is 0.240. The number of nitrogens with zero attached hydrogens (tertiary/aromatic N) is 1. The second-order valence-electron chi connectivity index (χ2n) is 4.72. The Bertz CT molecular complexity index is 405. The zero-order chi connectivity index (χ0) is 12.3. The van der Waals surface area contributed by atoms with E-state index in [0.29, 0.717) is 6.04 Å². The van der Waals surface area contributed by atoms with Gasteiger partial charge in [0.1, 0.15) is 5.75 Å². The van der Waals surface area contributed by atoms with Crippen LogP contribution < -0.4 is 4.74 Å². The van der Waals surface area contributed by atoms with Crippen molar-refractivity contribution in [2.24, 2.45) is 0 Å². The number of rotatable bonds is 3. The van der Waals surface area contributed by atoms with Gasteiger partial charge in [0.15, 0.2) is 0 Å². The van der Waals surface area contributed by atoms with Crippen molar-refractivity contribution in [2.45, 2.75) is 25.8 Å². The molecule has 100 valence electrons. The van der Waals surface area contributed by atoms with Crippen LogP contribution in [-0.2, 0) is 12.8 Å². The summed E-state index contributed by atoms with van der Waals surface area (Å²) in [6, 6.07) is 7.02. The second-order valence-corrected chi connectivity index (χ2v) is 4.72. The average Bonchev–Trinajstić information content (AvgIpc) is 2.49. The third-order valence-corrected chi connectivity index (χ3v) is 3.58. The van der Waals surface area contributed by atoms with Gasteiger partial charge in [-0.15, -0.1) is 19.0 Å². The van der Waals surface area contributed by atoms with E-state index < -0.39 is 0 Å². The lowest BCUT2D eigenvalue weighted by Gasteiger charge is -2.25. The Labute approximate surface area is 116 Å². The van der Waals surface area contributed by atoms with Gasteiger partial charge in [0.05, 0.1) is 7.11 Å². The predicted molar refractivity (Wildman–Crippen MR) is 78.9 cm³/mol. The van der Waals surface area contributed by atoms with Crippen molar-refractivity contribution >= 4 is 12.4 Å². The molecular formula is C15H22ClNO. The molecule has 0 fully saturated rings. The Morgan fingerprint density at radius 2 is 2.22 bits per heavy atom. The summed E-state index contributed by atoms with van der Waals surface area (Å²) >= 11 is 0. The van der Waals surface area contributed by atoms with Gasteiger partial charge in [-0.3, -0.25) is 4.90 Å². The van der Waals surface area contributed by atoms with Crippen LogP contribution in [0.5, 0.6) is 5.75 Å². The zero-order valence-corrected chi connectivity index (χ0v) is 12.0. The van der Waals surface area contributed by atoms with Crippen LogP contribution in [0.2, 0.25) is 0 Å². The fraction of sp³-hybridized carbons (Fsp3) is 0.467. The van der Waals surface area contributed by atoms with Crippen molar-refractivity contribution in [3.05, 3.63) is 42.0 Å². The summed E-state index contributed by atoms with van der Waals surface area (Å²) in [7, 11) is 1.73. The van der Waals surface area contributed by atoms with E-state index >= 15 is 0 Å². The van der Waals surface area contributed by atoms with E-state index in [1.165, 1.54) is 11.1 Å². The Morgan fingerprint density at radius 1 is 1.44 bits per heavy atom. The minimum atomic E-state index is 0. The highest BCUT2D eigenvalue weighted by molar-refractivity contribution is 5.85. The Morgan fingerprint density at radius 3 is 2.89 bits per heavy atom. The summed E-state index contributed by atoms with van der Waals surface area (Å²) in [6.45, 7) is 8.22. The van der Waals surface area contributed by atoms with E-state index in [-0.39, 0.29) is 12.4 Å². The molecule has 0 saturated heterocycles. The van der Waals surface area contributed by atoms with E-state index in [1.807, 2.05) is 6.08 Å². The van der Waals surface area contributed by atoms with E-state index in [1.54, 1.807) is 7.11 Å². The third kappa shape index (κ3) is 3.27. The van der Waals surface area contributed by atoms with E-state index in [0.717, 1.165) is 31.7 Å². The Balaban J connectivity index is 0.00000162. The average molecular weight is 268 g/mol. The van der Waals surface area contributed by atoms with Crippen LogP contribution in [0.25, 0.3) is 0 Å². The number of fused-ring (bicyclic) bond motifs is 1. The maximum Gasteiger partial charge on any atom is 0.119 e. The molecule has 2 rings (SSSR count). The first-order valence-electron chi connectivity index (χ1n) is 6.25. The molecule has 0 saturated carbocycles. The SMILES string of the molecule is C=CCN1CCc2ccc(OC)cc2CC1C.Cl. The van der Waals surface area contributed by atoms with Crippen LogP contribution in [0.1, 0.15) is 18.1 Å². The fourth-order valence-electron chi connectivity index (χ4n) is 2.53. The van der Waals surface area contributed by atoms with Gasteiger partial charge < -0.3 is 4.74 Å². The van der Waals surface area contributed by atoms with Crippen LogP contribution in [0.15, 0.2) is 30.9 Å². The van der Waals surface area contributed by atoms with E-state index in [2.05, 4.69) is 36.6 Å². The highest BCUT2D eigenvalue weighted by atomic mass is 35.5. The molecule has 0 aliphatic carbocycles. The van der Waals surface area contributed by atoms with Crippen LogP contribution in [-0.4, -0.2) is 31.1 Å². The summed E-state index contributed by atoms with van der Waals surface area (Å²) in [4.78, 5) is 2.49. The maximum absolute atomic E-state index is 5.30. The largest absolute Gasteiger partial charge is 0.497 e. The van der Waals surface area contributed by atoms with Crippen LogP contribution in [0.3, 0.4) is 0 Å². The molecule has 0 N–H and O–H groups in total. The molecule has 0 radical (unpaired) electrons. The van der Waals surface area contributed by atoms with Crippen LogP contribution in [0.4, 0.5) is 0 Å². The highest BCUT2D eigenvalue weighted by Gasteiger charge is 2.19. The summed E-state index contributed by atoms with van der Waals surface area (Å²) in [5.74, 6) is 0.966. The summed E-state index contributed by atoms with van der Waals surface area (Å²) in [6.07, 6.45) is 4.21. The molecule has 0 aromatic heterocycles. The first-order valence-corrected chi connectivity index (χ1v) is 6.25. The van der Waals surface area contributed by atoms with Gasteiger partial charge in [0.2, 0.25) is 0 Å². The first kappa shape index (κ1) is 15.1. The topological polar surface area (TPSA) is 12.5 Å². The number of hydrogen-bond acceptors (Lipinski definition) is 2. The zero-order valence-electron chi connectivity index (χ0n) is 11.2. The molecule has 0 amide bonds. The van der Waals surface area contributed by atoms with Crippen LogP contribution in [0, 0.1) is 0 Å². The fourth-order valence-corrected chi connectivity index (χ4v) is 2.53. The van der Waals surface area contributed by atoms with Crippen molar-refractivity contribution in [3.8, 4) is 5.75 Å². The molecule has 3 heteroatoms. The molecule has 1 atom stereocenters. The smallest absolute Gasteiger partial charge is 0.119 e. The van der Waals surface area contributed by atoms with Crippen LogP contribution >= 0.6 is 12.4 Å². The van der Waals surface area contributed by atoms with Gasteiger partial charge in [0, 0.05) is 19.1 Å². The van der Waals surface area contributed by atoms with Crippen molar-refractivity contribution in [2.75, 3.05) is 20.2 Å². The van der Waals surface area contributed by atoms with Gasteiger partial charge in [-0.1, -0.05) is 12.1 Å². The quantitative estimate of drug-likeness (QED) is 0.781. The van der Waals surface area contributed by atoms with Gasteiger partial charge in [-0.05, 0) is 43.0 Å². The normalized spacial score (nSPS) is 19.3. The number of benzene rings is 1. The highest BCUT2D eigenvalue weighted by Crippen LogP contribution is 2.24. The minimum Gasteiger partial charge on any atom is -0.497 e. The molecule has 0 bridgehead atoms. The third-order valence-electron chi connectivity index (χ3n) is 3.58. The number of halogens is 1. The van der Waals surface area contributed by atoms with Gasteiger partial charge in [0.25, 0.3) is 0 Å². The first-order chi connectivity index (χ1) is 8.24. The molecule has 1 unspecified atom stereocenters. The maximum atomic E-state index is 5.30. The lowest BCUT2D eigenvalue weighted by Crippen LogP contribution is -2.34. The summed E-state index contributed by atoms with van der Waals surface area (Å²) < 4.78 is 5.30. The monoisotopic (exact) mass is 267 g/mol. The molecule has 1 aromatic carbocycles. The molecule has 1 aliphatic heterocycles. The second kappa shape index (κ2) is 6.81. The Hall–Kier alpha value is -0.990. The summed E-state index contributed by atoms with van der Waals surface area (Å²) in [5.41, 5.74) is 2.90. The molecule has 0 spiro atoms. The molecule has 1 aliphatic rings. The predicted octanol–water partition coefficient (Wildman–Crippen LogP) is 3.09. The van der Waals surface area contributed by atoms with Crippen molar-refractivity contribution in [3.63, 3.8) is 0 Å². The summed E-state index contributed by atoms with van der Waals surface area (Å²) in [5, 5.41) is 0. The van der Waals surface area contributed by atoms with E-state index in [4.69, 9.17) is 4.74 Å². The van der Waals surface area contributed by atoms with Crippen molar-refractivity contribution in [1.29, 1.82) is 0 Å². The molecule has 1 aromatic rings. The molecule has 2 nitrogen and oxygen atoms in total. The molecule has 1 heterocycles. The van der Waals surface area contributed by atoms with Gasteiger partial charge in [-0.25, -0.2) is 0 Å². The van der Waals surface area contributed by atoms with E-state index in [9.17, 15) is 0 Å². The van der Waals surface area contributed by atoms with Crippen molar-refractivity contribution in [1.82, 2.24) is 4.90 Å². The molecular weight excluding hydrogens is 246 g/mol.